The normalized spacial score (nSPS) is 24.5. The molecule has 1 amide bonds. The molecule has 2 aliphatic rings. The maximum absolute atomic E-state index is 12.9. The van der Waals surface area contributed by atoms with E-state index in [2.05, 4.69) is 19.9 Å². The molecule has 7 heteroatoms. The molecule has 2 aromatic rings. The van der Waals surface area contributed by atoms with E-state index in [0.29, 0.717) is 32.1 Å². The molecule has 2 aromatic heterocycles. The van der Waals surface area contributed by atoms with Gasteiger partial charge in [0.1, 0.15) is 0 Å². The Balaban J connectivity index is 1.44. The van der Waals surface area contributed by atoms with Gasteiger partial charge in [-0.25, -0.2) is 9.97 Å². The standard InChI is InChI=1S/C19H23N5O2/c1-23(11-16-5-2-3-6-20-16)17(25)9-19-13-24(10-15(19)12-26-14-19)18-21-7-4-8-22-18/h2-8,15H,9-14H2,1H3/t15-,19+/m1/s1. The van der Waals surface area contributed by atoms with Crippen LogP contribution in [-0.2, 0) is 16.1 Å². The highest BCUT2D eigenvalue weighted by Crippen LogP contribution is 2.45. The van der Waals surface area contributed by atoms with Gasteiger partial charge in [-0.15, -0.1) is 0 Å². The van der Waals surface area contributed by atoms with Crippen molar-refractivity contribution in [3.63, 3.8) is 0 Å². The average Bonchev–Trinajstić information content (AvgIpc) is 3.20. The van der Waals surface area contributed by atoms with E-state index in [9.17, 15) is 4.79 Å². The van der Waals surface area contributed by atoms with Crippen molar-refractivity contribution < 1.29 is 9.53 Å². The molecule has 136 valence electrons. The predicted octanol–water partition coefficient (Wildman–Crippen LogP) is 1.37. The number of fused-ring (bicyclic) bond motifs is 1. The van der Waals surface area contributed by atoms with E-state index in [1.807, 2.05) is 31.3 Å². The second-order valence-electron chi connectivity index (χ2n) is 7.25. The quantitative estimate of drug-likeness (QED) is 0.809. The fraction of sp³-hybridized carbons (Fsp3) is 0.474. The Labute approximate surface area is 153 Å². The van der Waals surface area contributed by atoms with Crippen molar-refractivity contribution in [2.45, 2.75) is 13.0 Å². The van der Waals surface area contributed by atoms with Crippen molar-refractivity contribution in [1.29, 1.82) is 0 Å². The topological polar surface area (TPSA) is 71.5 Å². The van der Waals surface area contributed by atoms with Crippen molar-refractivity contribution in [3.05, 3.63) is 48.5 Å². The molecular weight excluding hydrogens is 330 g/mol. The lowest BCUT2D eigenvalue weighted by Gasteiger charge is -2.28. The van der Waals surface area contributed by atoms with Crippen LogP contribution in [0.2, 0.25) is 0 Å². The lowest BCUT2D eigenvalue weighted by atomic mass is 9.78. The SMILES string of the molecule is CN(Cc1ccccn1)C(=O)C[C@]12COC[C@H]1CN(c1ncccn1)C2. The molecule has 0 N–H and O–H groups in total. The van der Waals surface area contributed by atoms with E-state index < -0.39 is 0 Å². The summed E-state index contributed by atoms with van der Waals surface area (Å²) in [6.45, 7) is 3.42. The summed E-state index contributed by atoms with van der Waals surface area (Å²) in [5.41, 5.74) is 0.736. The van der Waals surface area contributed by atoms with Gasteiger partial charge >= 0.3 is 0 Å². The molecule has 0 aromatic carbocycles. The monoisotopic (exact) mass is 353 g/mol. The van der Waals surface area contributed by atoms with E-state index in [4.69, 9.17) is 4.74 Å². The summed E-state index contributed by atoms with van der Waals surface area (Å²) in [5.74, 6) is 1.19. The summed E-state index contributed by atoms with van der Waals surface area (Å²) >= 11 is 0. The number of carbonyl (C=O) groups excluding carboxylic acids is 1. The van der Waals surface area contributed by atoms with E-state index >= 15 is 0 Å². The first-order chi connectivity index (χ1) is 12.7. The summed E-state index contributed by atoms with van der Waals surface area (Å²) in [5, 5.41) is 0. The largest absolute Gasteiger partial charge is 0.380 e. The number of carbonyl (C=O) groups is 1. The first kappa shape index (κ1) is 16.9. The minimum atomic E-state index is -0.158. The van der Waals surface area contributed by atoms with Crippen LogP contribution < -0.4 is 4.90 Å². The Morgan fingerprint density at radius 3 is 2.85 bits per heavy atom. The minimum absolute atomic E-state index is 0.127. The number of amides is 1. The molecule has 2 atom stereocenters. The third-order valence-electron chi connectivity index (χ3n) is 5.41. The van der Waals surface area contributed by atoms with Gasteiger partial charge in [-0.3, -0.25) is 9.78 Å². The minimum Gasteiger partial charge on any atom is -0.380 e. The molecule has 0 radical (unpaired) electrons. The van der Waals surface area contributed by atoms with Gasteiger partial charge in [0.2, 0.25) is 11.9 Å². The zero-order valence-electron chi connectivity index (χ0n) is 14.9. The molecule has 0 aliphatic carbocycles. The number of aromatic nitrogens is 3. The number of anilines is 1. The van der Waals surface area contributed by atoms with Gasteiger partial charge in [-0.2, -0.15) is 0 Å². The van der Waals surface area contributed by atoms with Gasteiger partial charge in [0.05, 0.1) is 25.5 Å². The summed E-state index contributed by atoms with van der Waals surface area (Å²) in [4.78, 5) is 29.8. The van der Waals surface area contributed by atoms with Gasteiger partial charge in [0, 0.05) is 56.5 Å². The van der Waals surface area contributed by atoms with Crippen molar-refractivity contribution in [2.75, 3.05) is 38.3 Å². The van der Waals surface area contributed by atoms with Crippen molar-refractivity contribution >= 4 is 11.9 Å². The van der Waals surface area contributed by atoms with E-state index in [-0.39, 0.29) is 11.3 Å². The maximum Gasteiger partial charge on any atom is 0.225 e. The molecule has 0 saturated carbocycles. The van der Waals surface area contributed by atoms with Gasteiger partial charge in [-0.1, -0.05) is 6.07 Å². The zero-order chi connectivity index (χ0) is 18.0. The Hall–Kier alpha value is -2.54. The smallest absolute Gasteiger partial charge is 0.225 e. The predicted molar refractivity (Wildman–Crippen MR) is 96.3 cm³/mol. The van der Waals surface area contributed by atoms with Crippen LogP contribution in [0, 0.1) is 11.3 Å². The van der Waals surface area contributed by atoms with Crippen LogP contribution in [0.4, 0.5) is 5.95 Å². The highest BCUT2D eigenvalue weighted by atomic mass is 16.5. The van der Waals surface area contributed by atoms with Crippen LogP contribution >= 0.6 is 0 Å². The van der Waals surface area contributed by atoms with Crippen molar-refractivity contribution in [3.8, 4) is 0 Å². The summed E-state index contributed by atoms with van der Waals surface area (Å²) < 4.78 is 5.75. The number of rotatable bonds is 5. The molecular formula is C19H23N5O2. The molecule has 0 spiro atoms. The Morgan fingerprint density at radius 2 is 2.08 bits per heavy atom. The van der Waals surface area contributed by atoms with E-state index in [0.717, 1.165) is 24.7 Å². The molecule has 0 bridgehead atoms. The number of ether oxygens (including phenoxy) is 1. The van der Waals surface area contributed by atoms with Crippen LogP contribution in [0.15, 0.2) is 42.9 Å². The number of nitrogens with zero attached hydrogens (tertiary/aromatic N) is 5. The van der Waals surface area contributed by atoms with E-state index in [1.165, 1.54) is 0 Å². The molecule has 0 unspecified atom stereocenters. The summed E-state index contributed by atoms with van der Waals surface area (Å²) in [7, 11) is 1.84. The Kier molecular flexibility index (Phi) is 4.55. The highest BCUT2D eigenvalue weighted by molar-refractivity contribution is 5.77. The zero-order valence-corrected chi connectivity index (χ0v) is 14.9. The third-order valence-corrected chi connectivity index (χ3v) is 5.41. The van der Waals surface area contributed by atoms with Gasteiger partial charge in [0.15, 0.2) is 0 Å². The molecule has 2 fully saturated rings. The molecule has 2 saturated heterocycles. The maximum atomic E-state index is 12.9. The second kappa shape index (κ2) is 6.99. The average molecular weight is 353 g/mol. The lowest BCUT2D eigenvalue weighted by molar-refractivity contribution is -0.133. The molecule has 7 nitrogen and oxygen atoms in total. The fourth-order valence-corrected chi connectivity index (χ4v) is 3.95. The lowest BCUT2D eigenvalue weighted by Crippen LogP contribution is -2.38. The van der Waals surface area contributed by atoms with Gasteiger partial charge < -0.3 is 14.5 Å². The molecule has 2 aliphatic heterocycles. The van der Waals surface area contributed by atoms with Crippen molar-refractivity contribution in [2.24, 2.45) is 11.3 Å². The van der Waals surface area contributed by atoms with Gasteiger partial charge in [0.25, 0.3) is 0 Å². The summed E-state index contributed by atoms with van der Waals surface area (Å²) in [6.07, 6.45) is 5.74. The summed E-state index contributed by atoms with van der Waals surface area (Å²) in [6, 6.07) is 7.57. The van der Waals surface area contributed by atoms with Crippen LogP contribution in [0.25, 0.3) is 0 Å². The van der Waals surface area contributed by atoms with E-state index in [1.54, 1.807) is 23.5 Å². The second-order valence-corrected chi connectivity index (χ2v) is 7.25. The van der Waals surface area contributed by atoms with Crippen LogP contribution in [0.3, 0.4) is 0 Å². The Morgan fingerprint density at radius 1 is 1.27 bits per heavy atom. The number of pyridine rings is 1. The van der Waals surface area contributed by atoms with Crippen LogP contribution in [-0.4, -0.2) is 59.1 Å². The van der Waals surface area contributed by atoms with Crippen LogP contribution in [0.1, 0.15) is 12.1 Å². The third kappa shape index (κ3) is 3.26. The van der Waals surface area contributed by atoms with Gasteiger partial charge in [-0.05, 0) is 18.2 Å². The molecule has 26 heavy (non-hydrogen) atoms. The number of hydrogen-bond acceptors (Lipinski definition) is 6. The highest BCUT2D eigenvalue weighted by Gasteiger charge is 2.52. The number of hydrogen-bond donors (Lipinski definition) is 0. The first-order valence-electron chi connectivity index (χ1n) is 8.90. The first-order valence-corrected chi connectivity index (χ1v) is 8.90. The molecule has 4 rings (SSSR count). The van der Waals surface area contributed by atoms with Crippen molar-refractivity contribution in [1.82, 2.24) is 19.9 Å². The van der Waals surface area contributed by atoms with Crippen LogP contribution in [0.5, 0.6) is 0 Å². The fourth-order valence-electron chi connectivity index (χ4n) is 3.95. The Bertz CT molecular complexity index is 757. The molecule has 4 heterocycles.